The fourth-order valence-electron chi connectivity index (χ4n) is 3.23. The summed E-state index contributed by atoms with van der Waals surface area (Å²) in [5, 5.41) is 0.339. The number of imidazole rings is 1. The smallest absolute Gasteiger partial charge is 0.164 e. The van der Waals surface area contributed by atoms with Gasteiger partial charge in [0.2, 0.25) is 0 Å². The van der Waals surface area contributed by atoms with E-state index in [1.807, 2.05) is 29.0 Å². The molecule has 0 spiro atoms. The highest BCUT2D eigenvalue weighted by molar-refractivity contribution is 6.33. The lowest BCUT2D eigenvalue weighted by Crippen LogP contribution is -2.25. The van der Waals surface area contributed by atoms with Crippen LogP contribution in [0.2, 0.25) is 5.02 Å². The summed E-state index contributed by atoms with van der Waals surface area (Å²) >= 11 is 6.21. The maximum atomic E-state index is 14.3. The Morgan fingerprint density at radius 3 is 2.92 bits per heavy atom. The van der Waals surface area contributed by atoms with Gasteiger partial charge in [-0.2, -0.15) is 0 Å². The summed E-state index contributed by atoms with van der Waals surface area (Å²) in [5.74, 6) is 1.60. The zero-order chi connectivity index (χ0) is 17.4. The van der Waals surface area contributed by atoms with Crippen LogP contribution >= 0.6 is 11.6 Å². The number of rotatable bonds is 3. The van der Waals surface area contributed by atoms with Gasteiger partial charge in [0.25, 0.3) is 0 Å². The van der Waals surface area contributed by atoms with Crippen molar-refractivity contribution in [3.63, 3.8) is 0 Å². The van der Waals surface area contributed by atoms with E-state index in [4.69, 9.17) is 21.1 Å². The summed E-state index contributed by atoms with van der Waals surface area (Å²) in [6.45, 7) is 0.447. The van der Waals surface area contributed by atoms with Gasteiger partial charge in [0, 0.05) is 24.4 Å². The molecular weight excluding hydrogens is 343 g/mol. The monoisotopic (exact) mass is 358 g/mol. The second-order valence-corrected chi connectivity index (χ2v) is 6.28. The van der Waals surface area contributed by atoms with Gasteiger partial charge in [-0.3, -0.25) is 0 Å². The van der Waals surface area contributed by atoms with Gasteiger partial charge in [0.15, 0.2) is 11.5 Å². The van der Waals surface area contributed by atoms with Gasteiger partial charge in [0.1, 0.15) is 18.2 Å². The predicted molar refractivity (Wildman–Crippen MR) is 93.9 cm³/mol. The van der Waals surface area contributed by atoms with Crippen molar-refractivity contribution in [2.24, 2.45) is 0 Å². The van der Waals surface area contributed by atoms with Crippen LogP contribution in [0.1, 0.15) is 11.6 Å². The molecule has 1 aliphatic heterocycles. The zero-order valence-corrected chi connectivity index (χ0v) is 14.3. The third kappa shape index (κ3) is 2.74. The minimum Gasteiger partial charge on any atom is -0.493 e. The molecule has 4 rings (SSSR count). The minimum absolute atomic E-state index is 0.00669. The Morgan fingerprint density at radius 1 is 1.28 bits per heavy atom. The first-order chi connectivity index (χ1) is 12.2. The van der Waals surface area contributed by atoms with E-state index in [9.17, 15) is 4.39 Å². The average Bonchev–Trinajstić information content (AvgIpc) is 3.10. The molecule has 0 saturated heterocycles. The van der Waals surface area contributed by atoms with Crippen LogP contribution in [0.25, 0.3) is 11.4 Å². The predicted octanol–water partition coefficient (Wildman–Crippen LogP) is 4.53. The second kappa shape index (κ2) is 6.41. The number of methoxy groups -OCH3 is 1. The number of ether oxygens (including phenoxy) is 2. The van der Waals surface area contributed by atoms with Crippen LogP contribution in [0.3, 0.4) is 0 Å². The number of hydrogen-bond donors (Lipinski definition) is 0. The standard InChI is InChI=1S/C19H16ClFN2O2/c1-24-16-7-2-4-12-10-13(11-25-18(12)16)23-9-8-22-19(23)17-14(20)5-3-6-15(17)21/h2-9,13H,10-11H2,1H3. The van der Waals surface area contributed by atoms with E-state index in [1.165, 1.54) is 6.07 Å². The number of hydrogen-bond acceptors (Lipinski definition) is 3. The molecule has 1 aliphatic rings. The lowest BCUT2D eigenvalue weighted by Gasteiger charge is -2.28. The van der Waals surface area contributed by atoms with Gasteiger partial charge in [-0.05, 0) is 18.2 Å². The first-order valence-corrected chi connectivity index (χ1v) is 8.32. The van der Waals surface area contributed by atoms with E-state index in [-0.39, 0.29) is 6.04 Å². The summed E-state index contributed by atoms with van der Waals surface area (Å²) in [6.07, 6.45) is 4.22. The summed E-state index contributed by atoms with van der Waals surface area (Å²) < 4.78 is 27.5. The Morgan fingerprint density at radius 2 is 2.12 bits per heavy atom. The maximum Gasteiger partial charge on any atom is 0.164 e. The lowest BCUT2D eigenvalue weighted by atomic mass is 10.0. The van der Waals surface area contributed by atoms with Crippen LogP contribution in [0.4, 0.5) is 4.39 Å². The van der Waals surface area contributed by atoms with E-state index < -0.39 is 5.82 Å². The molecule has 2 heterocycles. The van der Waals surface area contributed by atoms with E-state index in [0.29, 0.717) is 23.0 Å². The summed E-state index contributed by atoms with van der Waals surface area (Å²) in [4.78, 5) is 4.33. The van der Waals surface area contributed by atoms with Crippen LogP contribution in [0.5, 0.6) is 11.5 Å². The number of aromatic nitrogens is 2. The minimum atomic E-state index is -0.390. The molecule has 0 aliphatic carbocycles. The molecular formula is C19H16ClFN2O2. The third-order valence-electron chi connectivity index (χ3n) is 4.40. The molecule has 0 N–H and O–H groups in total. The fraction of sp³-hybridized carbons (Fsp3) is 0.211. The van der Waals surface area contributed by atoms with Gasteiger partial charge in [-0.1, -0.05) is 29.8 Å². The molecule has 0 amide bonds. The van der Waals surface area contributed by atoms with Crippen LogP contribution in [-0.4, -0.2) is 23.3 Å². The number of benzene rings is 2. The summed E-state index contributed by atoms with van der Waals surface area (Å²) in [6, 6.07) is 10.5. The van der Waals surface area contributed by atoms with Crippen molar-refractivity contribution in [3.8, 4) is 22.9 Å². The van der Waals surface area contributed by atoms with Gasteiger partial charge >= 0.3 is 0 Å². The van der Waals surface area contributed by atoms with Gasteiger partial charge in [-0.15, -0.1) is 0 Å². The normalized spacial score (nSPS) is 16.2. The fourth-order valence-corrected chi connectivity index (χ4v) is 3.48. The SMILES string of the molecule is COc1cccc2c1OCC(n1ccnc1-c1c(F)cccc1Cl)C2. The van der Waals surface area contributed by atoms with E-state index in [2.05, 4.69) is 4.98 Å². The topological polar surface area (TPSA) is 36.3 Å². The van der Waals surface area contributed by atoms with Crippen LogP contribution in [-0.2, 0) is 6.42 Å². The largest absolute Gasteiger partial charge is 0.493 e. The van der Waals surface area contributed by atoms with E-state index in [0.717, 1.165) is 23.5 Å². The average molecular weight is 359 g/mol. The quantitative estimate of drug-likeness (QED) is 0.690. The summed E-state index contributed by atoms with van der Waals surface area (Å²) in [7, 11) is 1.62. The molecule has 6 heteroatoms. The molecule has 2 aromatic carbocycles. The second-order valence-electron chi connectivity index (χ2n) is 5.87. The van der Waals surface area contributed by atoms with Crippen molar-refractivity contribution in [2.75, 3.05) is 13.7 Å². The van der Waals surface area contributed by atoms with Crippen molar-refractivity contribution in [3.05, 3.63) is 65.2 Å². The molecule has 0 bridgehead atoms. The third-order valence-corrected chi connectivity index (χ3v) is 4.72. The van der Waals surface area contributed by atoms with Crippen molar-refractivity contribution in [1.82, 2.24) is 9.55 Å². The van der Waals surface area contributed by atoms with Crippen LogP contribution < -0.4 is 9.47 Å². The van der Waals surface area contributed by atoms with Crippen molar-refractivity contribution in [2.45, 2.75) is 12.5 Å². The molecule has 1 aromatic heterocycles. The molecule has 1 atom stereocenters. The Kier molecular flexibility index (Phi) is 4.09. The van der Waals surface area contributed by atoms with Gasteiger partial charge in [0.05, 0.1) is 23.7 Å². The molecule has 3 aromatic rings. The number of para-hydroxylation sites is 1. The van der Waals surface area contributed by atoms with E-state index >= 15 is 0 Å². The molecule has 0 radical (unpaired) electrons. The summed E-state index contributed by atoms with van der Waals surface area (Å²) in [5.41, 5.74) is 1.36. The zero-order valence-electron chi connectivity index (χ0n) is 13.6. The highest BCUT2D eigenvalue weighted by Crippen LogP contribution is 2.39. The first-order valence-electron chi connectivity index (χ1n) is 7.95. The van der Waals surface area contributed by atoms with Gasteiger partial charge < -0.3 is 14.0 Å². The lowest BCUT2D eigenvalue weighted by molar-refractivity contribution is 0.214. The van der Waals surface area contributed by atoms with Crippen LogP contribution in [0.15, 0.2) is 48.8 Å². The molecule has 128 valence electrons. The maximum absolute atomic E-state index is 14.3. The first kappa shape index (κ1) is 16.0. The Hall–Kier alpha value is -2.53. The molecule has 0 fully saturated rings. The number of fused-ring (bicyclic) bond motifs is 1. The van der Waals surface area contributed by atoms with Crippen molar-refractivity contribution >= 4 is 11.6 Å². The van der Waals surface area contributed by atoms with Gasteiger partial charge in [-0.25, -0.2) is 9.37 Å². The number of halogens is 2. The Labute approximate surface area is 149 Å². The highest BCUT2D eigenvalue weighted by atomic mass is 35.5. The molecule has 25 heavy (non-hydrogen) atoms. The molecule has 1 unspecified atom stereocenters. The Balaban J connectivity index is 1.72. The van der Waals surface area contributed by atoms with Crippen molar-refractivity contribution in [1.29, 1.82) is 0 Å². The highest BCUT2D eigenvalue weighted by Gasteiger charge is 2.26. The van der Waals surface area contributed by atoms with Crippen molar-refractivity contribution < 1.29 is 13.9 Å². The number of nitrogens with zero attached hydrogens (tertiary/aromatic N) is 2. The molecule has 0 saturated carbocycles. The van der Waals surface area contributed by atoms with E-state index in [1.54, 1.807) is 25.4 Å². The Bertz CT molecular complexity index is 905. The van der Waals surface area contributed by atoms with Crippen LogP contribution in [0, 0.1) is 5.82 Å². The molecule has 4 nitrogen and oxygen atoms in total.